The van der Waals surface area contributed by atoms with Gasteiger partial charge in [-0.25, -0.2) is 0 Å². The number of amides is 1. The number of benzene rings is 1. The molecule has 2 N–H and O–H groups in total. The Balaban J connectivity index is 1.92. The molecule has 0 bridgehead atoms. The van der Waals surface area contributed by atoms with E-state index in [2.05, 4.69) is 5.32 Å². The lowest BCUT2D eigenvalue weighted by atomic mass is 10.2. The van der Waals surface area contributed by atoms with Crippen LogP contribution in [0.15, 0.2) is 42.6 Å². The van der Waals surface area contributed by atoms with Crippen LogP contribution in [0.5, 0.6) is 0 Å². The zero-order valence-electron chi connectivity index (χ0n) is 12.3. The molecule has 0 aliphatic rings. The predicted molar refractivity (Wildman–Crippen MR) is 88.2 cm³/mol. The van der Waals surface area contributed by atoms with E-state index in [1.165, 1.54) is 0 Å². The van der Waals surface area contributed by atoms with E-state index in [-0.39, 0.29) is 12.3 Å². The zero-order chi connectivity index (χ0) is 15.9. The average molecular weight is 318 g/mol. The Morgan fingerprint density at radius 3 is 2.77 bits per heavy atom. The van der Waals surface area contributed by atoms with Crippen LogP contribution < -0.4 is 5.32 Å². The second-order valence-corrected chi connectivity index (χ2v) is 5.96. The molecule has 0 spiro atoms. The number of hydrogen-bond donors (Lipinski definition) is 2. The molecule has 0 atom stereocenters. The molecular weight excluding hydrogens is 300 g/mol. The fraction of sp³-hybridized carbons (Fsp3) is 0.250. The van der Waals surface area contributed by atoms with Crippen molar-refractivity contribution in [1.82, 2.24) is 4.57 Å². The molecule has 0 aliphatic heterocycles. The first kappa shape index (κ1) is 16.2. The quantitative estimate of drug-likeness (QED) is 0.770. The Morgan fingerprint density at radius 1 is 1.27 bits per heavy atom. The summed E-state index contributed by atoms with van der Waals surface area (Å²) in [6.07, 6.45) is 1.99. The van der Waals surface area contributed by atoms with Gasteiger partial charge in [0.1, 0.15) is 5.69 Å². The summed E-state index contributed by atoms with van der Waals surface area (Å²) in [7, 11) is 1.82. The SMILES string of the molecule is Cn1cccc1C(=O)Nc1cccc(CSCCC(=O)O)c1. The third-order valence-corrected chi connectivity index (χ3v) is 4.12. The smallest absolute Gasteiger partial charge is 0.304 e. The number of aromatic nitrogens is 1. The first-order valence-corrected chi connectivity index (χ1v) is 8.03. The van der Waals surface area contributed by atoms with Crippen molar-refractivity contribution in [2.24, 2.45) is 7.05 Å². The molecule has 1 aromatic heterocycles. The van der Waals surface area contributed by atoms with Crippen LogP contribution in [-0.2, 0) is 17.6 Å². The van der Waals surface area contributed by atoms with Crippen molar-refractivity contribution in [2.75, 3.05) is 11.1 Å². The summed E-state index contributed by atoms with van der Waals surface area (Å²) < 4.78 is 1.76. The number of aliphatic carboxylic acids is 1. The highest BCUT2D eigenvalue weighted by Gasteiger charge is 2.09. The maximum absolute atomic E-state index is 12.1. The number of rotatable bonds is 7. The van der Waals surface area contributed by atoms with Crippen molar-refractivity contribution in [1.29, 1.82) is 0 Å². The summed E-state index contributed by atoms with van der Waals surface area (Å²) in [6.45, 7) is 0. The third-order valence-electron chi connectivity index (χ3n) is 3.09. The third kappa shape index (κ3) is 4.66. The van der Waals surface area contributed by atoms with Crippen LogP contribution in [0.25, 0.3) is 0 Å². The molecule has 1 aromatic carbocycles. The van der Waals surface area contributed by atoms with E-state index in [0.717, 1.165) is 17.0 Å². The maximum Gasteiger partial charge on any atom is 0.304 e. The van der Waals surface area contributed by atoms with Crippen LogP contribution in [0.2, 0.25) is 0 Å². The zero-order valence-corrected chi connectivity index (χ0v) is 13.1. The van der Waals surface area contributed by atoms with E-state index < -0.39 is 5.97 Å². The number of carboxylic acids is 1. The molecule has 0 saturated carbocycles. The molecule has 5 nitrogen and oxygen atoms in total. The first-order chi connectivity index (χ1) is 10.6. The number of anilines is 1. The van der Waals surface area contributed by atoms with E-state index >= 15 is 0 Å². The summed E-state index contributed by atoms with van der Waals surface area (Å²) >= 11 is 1.56. The topological polar surface area (TPSA) is 71.3 Å². The minimum absolute atomic E-state index is 0.150. The number of carboxylic acid groups (broad SMARTS) is 1. The van der Waals surface area contributed by atoms with Crippen molar-refractivity contribution in [3.8, 4) is 0 Å². The predicted octanol–water partition coefficient (Wildman–Crippen LogP) is 2.99. The summed E-state index contributed by atoms with van der Waals surface area (Å²) in [5, 5.41) is 11.5. The van der Waals surface area contributed by atoms with Crippen molar-refractivity contribution in [3.05, 3.63) is 53.9 Å². The summed E-state index contributed by atoms with van der Waals surface area (Å²) in [4.78, 5) is 22.6. The lowest BCUT2D eigenvalue weighted by Gasteiger charge is -2.08. The highest BCUT2D eigenvalue weighted by Crippen LogP contribution is 2.18. The molecule has 116 valence electrons. The van der Waals surface area contributed by atoms with Crippen LogP contribution in [0.3, 0.4) is 0 Å². The molecule has 22 heavy (non-hydrogen) atoms. The summed E-state index contributed by atoms with van der Waals surface area (Å²) in [6, 6.07) is 11.2. The molecule has 0 saturated heterocycles. The maximum atomic E-state index is 12.1. The second kappa shape index (κ2) is 7.70. The number of thioether (sulfide) groups is 1. The fourth-order valence-corrected chi connectivity index (χ4v) is 2.86. The number of carbonyl (C=O) groups excluding carboxylic acids is 1. The number of nitrogens with one attached hydrogen (secondary N) is 1. The van der Waals surface area contributed by atoms with Crippen LogP contribution in [0.4, 0.5) is 5.69 Å². The van der Waals surface area contributed by atoms with Crippen LogP contribution in [0, 0.1) is 0 Å². The Bertz CT molecular complexity index is 667. The van der Waals surface area contributed by atoms with Gasteiger partial charge in [-0.3, -0.25) is 9.59 Å². The Labute approximate surface area is 133 Å². The minimum atomic E-state index is -0.781. The molecule has 1 heterocycles. The molecule has 2 rings (SSSR count). The Hall–Kier alpha value is -2.21. The van der Waals surface area contributed by atoms with Crippen molar-refractivity contribution in [3.63, 3.8) is 0 Å². The van der Waals surface area contributed by atoms with Crippen molar-refractivity contribution >= 4 is 29.3 Å². The van der Waals surface area contributed by atoms with E-state index in [1.807, 2.05) is 43.6 Å². The van der Waals surface area contributed by atoms with Gasteiger partial charge in [-0.15, -0.1) is 0 Å². The summed E-state index contributed by atoms with van der Waals surface area (Å²) in [5.74, 6) is 0.371. The Morgan fingerprint density at radius 2 is 2.09 bits per heavy atom. The van der Waals surface area contributed by atoms with Gasteiger partial charge in [0.15, 0.2) is 0 Å². The van der Waals surface area contributed by atoms with Crippen molar-refractivity contribution < 1.29 is 14.7 Å². The van der Waals surface area contributed by atoms with Crippen molar-refractivity contribution in [2.45, 2.75) is 12.2 Å². The van der Waals surface area contributed by atoms with E-state index in [4.69, 9.17) is 5.11 Å². The number of hydrogen-bond acceptors (Lipinski definition) is 3. The highest BCUT2D eigenvalue weighted by atomic mass is 32.2. The highest BCUT2D eigenvalue weighted by molar-refractivity contribution is 7.98. The van der Waals surface area contributed by atoms with E-state index in [0.29, 0.717) is 11.4 Å². The lowest BCUT2D eigenvalue weighted by molar-refractivity contribution is -0.136. The average Bonchev–Trinajstić information content (AvgIpc) is 2.90. The fourth-order valence-electron chi connectivity index (χ4n) is 1.98. The first-order valence-electron chi connectivity index (χ1n) is 6.87. The van der Waals surface area contributed by atoms with Crippen LogP contribution in [0.1, 0.15) is 22.5 Å². The van der Waals surface area contributed by atoms with Gasteiger partial charge in [-0.1, -0.05) is 12.1 Å². The van der Waals surface area contributed by atoms with E-state index in [9.17, 15) is 9.59 Å². The van der Waals surface area contributed by atoms with Gasteiger partial charge in [0.25, 0.3) is 5.91 Å². The minimum Gasteiger partial charge on any atom is -0.481 e. The van der Waals surface area contributed by atoms with Crippen LogP contribution >= 0.6 is 11.8 Å². The van der Waals surface area contributed by atoms with Gasteiger partial charge in [0.05, 0.1) is 6.42 Å². The van der Waals surface area contributed by atoms with Crippen LogP contribution in [-0.4, -0.2) is 27.3 Å². The number of aryl methyl sites for hydroxylation is 1. The number of carbonyl (C=O) groups is 2. The monoisotopic (exact) mass is 318 g/mol. The largest absolute Gasteiger partial charge is 0.481 e. The molecule has 0 fully saturated rings. The van der Waals surface area contributed by atoms with Gasteiger partial charge >= 0.3 is 5.97 Å². The molecule has 0 aliphatic carbocycles. The molecular formula is C16H18N2O3S. The Kier molecular flexibility index (Phi) is 5.66. The van der Waals surface area contributed by atoms with Gasteiger partial charge in [-0.2, -0.15) is 11.8 Å². The molecule has 6 heteroatoms. The normalized spacial score (nSPS) is 10.4. The van der Waals surface area contributed by atoms with Gasteiger partial charge in [0.2, 0.25) is 0 Å². The second-order valence-electron chi connectivity index (χ2n) is 4.86. The molecule has 1 amide bonds. The standard InChI is InChI=1S/C16H18N2O3S/c1-18-8-3-6-14(18)16(21)17-13-5-2-4-12(10-13)11-22-9-7-15(19)20/h2-6,8,10H,7,9,11H2,1H3,(H,17,21)(H,19,20). The summed E-state index contributed by atoms with van der Waals surface area (Å²) in [5.41, 5.74) is 2.39. The van der Waals surface area contributed by atoms with Gasteiger partial charge in [-0.05, 0) is 29.8 Å². The van der Waals surface area contributed by atoms with Gasteiger partial charge < -0.3 is 15.0 Å². The van der Waals surface area contributed by atoms with Gasteiger partial charge in [0, 0.05) is 30.4 Å². The van der Waals surface area contributed by atoms with E-state index in [1.54, 1.807) is 22.4 Å². The lowest BCUT2D eigenvalue weighted by Crippen LogP contribution is -2.15. The molecule has 0 radical (unpaired) electrons. The molecule has 0 unspecified atom stereocenters. The number of nitrogens with zero attached hydrogens (tertiary/aromatic N) is 1. The molecule has 2 aromatic rings.